The maximum atomic E-state index is 13.0. The molecule has 1 aromatic rings. The molecule has 0 aromatic heterocycles. The van der Waals surface area contributed by atoms with E-state index in [-0.39, 0.29) is 22.9 Å². The van der Waals surface area contributed by atoms with E-state index in [0.717, 1.165) is 42.4 Å². The number of carbonyl (C=O) groups is 2. The second-order valence-electron chi connectivity index (χ2n) is 6.99. The predicted molar refractivity (Wildman–Crippen MR) is 96.6 cm³/mol. The highest BCUT2D eigenvalue weighted by Gasteiger charge is 2.42. The zero-order valence-corrected chi connectivity index (χ0v) is 15.2. The third-order valence-corrected chi connectivity index (χ3v) is 5.50. The highest BCUT2D eigenvalue weighted by Crippen LogP contribution is 2.36. The van der Waals surface area contributed by atoms with Crippen LogP contribution in [0.25, 0.3) is 5.57 Å². The Labute approximate surface area is 148 Å². The van der Waals surface area contributed by atoms with Crippen molar-refractivity contribution in [3.8, 4) is 0 Å². The SMILES string of the molecule is Cc1ccc(C2=C(Cl)C(=O)N(C3CCCCCCC3)C2=O)c(C)c1. The number of hydrogen-bond donors (Lipinski definition) is 0. The Morgan fingerprint density at radius 3 is 2.21 bits per heavy atom. The van der Waals surface area contributed by atoms with E-state index in [1.54, 1.807) is 0 Å². The third-order valence-electron chi connectivity index (χ3n) is 5.15. The molecule has 1 saturated carbocycles. The molecule has 0 N–H and O–H groups in total. The molecule has 3 nitrogen and oxygen atoms in total. The summed E-state index contributed by atoms with van der Waals surface area (Å²) in [4.78, 5) is 27.1. The molecule has 1 aliphatic carbocycles. The number of benzene rings is 1. The molecule has 2 aliphatic rings. The lowest BCUT2D eigenvalue weighted by atomic mass is 9.95. The molecule has 3 rings (SSSR count). The fraction of sp³-hybridized carbons (Fsp3) is 0.500. The maximum Gasteiger partial charge on any atom is 0.273 e. The van der Waals surface area contributed by atoms with Crippen LogP contribution in [0.2, 0.25) is 0 Å². The van der Waals surface area contributed by atoms with Gasteiger partial charge in [-0.25, -0.2) is 0 Å². The van der Waals surface area contributed by atoms with Gasteiger partial charge in [-0.1, -0.05) is 67.5 Å². The molecule has 1 aromatic carbocycles. The number of amides is 2. The van der Waals surface area contributed by atoms with Crippen molar-refractivity contribution in [2.75, 3.05) is 0 Å². The molecule has 0 radical (unpaired) electrons. The zero-order chi connectivity index (χ0) is 17.3. The van der Waals surface area contributed by atoms with Crippen LogP contribution < -0.4 is 0 Å². The summed E-state index contributed by atoms with van der Waals surface area (Å²) in [5.74, 6) is -0.537. The van der Waals surface area contributed by atoms with Gasteiger partial charge >= 0.3 is 0 Å². The van der Waals surface area contributed by atoms with Gasteiger partial charge in [0.15, 0.2) is 0 Å². The van der Waals surface area contributed by atoms with E-state index < -0.39 is 0 Å². The summed E-state index contributed by atoms with van der Waals surface area (Å²) in [6.45, 7) is 3.96. The quantitative estimate of drug-likeness (QED) is 0.726. The van der Waals surface area contributed by atoms with E-state index in [1.165, 1.54) is 24.2 Å². The van der Waals surface area contributed by atoms with E-state index in [9.17, 15) is 9.59 Å². The molecule has 24 heavy (non-hydrogen) atoms. The normalized spacial score (nSPS) is 20.5. The molecule has 1 fully saturated rings. The molecule has 0 spiro atoms. The van der Waals surface area contributed by atoms with Gasteiger partial charge in [-0.05, 0) is 37.8 Å². The van der Waals surface area contributed by atoms with Crippen molar-refractivity contribution in [3.63, 3.8) is 0 Å². The van der Waals surface area contributed by atoms with E-state index >= 15 is 0 Å². The topological polar surface area (TPSA) is 37.4 Å². The second kappa shape index (κ2) is 7.10. The van der Waals surface area contributed by atoms with Gasteiger partial charge in [0.25, 0.3) is 11.8 Å². The van der Waals surface area contributed by atoms with Crippen LogP contribution in [0.15, 0.2) is 23.2 Å². The summed E-state index contributed by atoms with van der Waals surface area (Å²) < 4.78 is 0. The summed E-state index contributed by atoms with van der Waals surface area (Å²) in [5, 5.41) is 0.0778. The van der Waals surface area contributed by atoms with E-state index in [0.29, 0.717) is 5.57 Å². The molecule has 0 saturated heterocycles. The van der Waals surface area contributed by atoms with E-state index in [4.69, 9.17) is 11.6 Å². The number of carbonyl (C=O) groups excluding carboxylic acids is 2. The Hall–Kier alpha value is -1.61. The molecule has 128 valence electrons. The van der Waals surface area contributed by atoms with Gasteiger partial charge in [0, 0.05) is 6.04 Å². The first-order chi connectivity index (χ1) is 11.5. The number of hydrogen-bond acceptors (Lipinski definition) is 2. The standard InChI is InChI=1S/C20H24ClNO2/c1-13-10-11-16(14(2)12-13)17-18(21)20(24)22(19(17)23)15-8-6-4-3-5-7-9-15/h10-12,15H,3-9H2,1-2H3. The van der Waals surface area contributed by atoms with Crippen LogP contribution in [0.4, 0.5) is 0 Å². The van der Waals surface area contributed by atoms with Crippen molar-refractivity contribution in [1.82, 2.24) is 4.90 Å². The lowest BCUT2D eigenvalue weighted by Crippen LogP contribution is -2.41. The van der Waals surface area contributed by atoms with Crippen molar-refractivity contribution < 1.29 is 9.59 Å². The highest BCUT2D eigenvalue weighted by atomic mass is 35.5. The van der Waals surface area contributed by atoms with E-state index in [1.807, 2.05) is 32.0 Å². The number of aryl methyl sites for hydroxylation is 2. The molecule has 1 heterocycles. The minimum absolute atomic E-state index is 0.0118. The summed E-state index contributed by atoms with van der Waals surface area (Å²) >= 11 is 6.32. The van der Waals surface area contributed by atoms with Crippen molar-refractivity contribution in [2.24, 2.45) is 0 Å². The predicted octanol–water partition coefficient (Wildman–Crippen LogP) is 4.74. The van der Waals surface area contributed by atoms with Crippen molar-refractivity contribution in [3.05, 3.63) is 39.9 Å². The molecular weight excluding hydrogens is 322 g/mol. The zero-order valence-electron chi connectivity index (χ0n) is 14.4. The number of imide groups is 1. The Kier molecular flexibility index (Phi) is 5.09. The van der Waals surface area contributed by atoms with Gasteiger partial charge in [-0.15, -0.1) is 0 Å². The summed E-state index contributed by atoms with van der Waals surface area (Å²) in [5.41, 5.74) is 3.25. The number of rotatable bonds is 2. The van der Waals surface area contributed by atoms with Crippen LogP contribution >= 0.6 is 11.6 Å². The Morgan fingerprint density at radius 1 is 0.958 bits per heavy atom. The molecule has 0 unspecified atom stereocenters. The monoisotopic (exact) mass is 345 g/mol. The second-order valence-corrected chi connectivity index (χ2v) is 7.36. The molecule has 1 aliphatic heterocycles. The first-order valence-corrected chi connectivity index (χ1v) is 9.24. The first kappa shape index (κ1) is 17.2. The van der Waals surface area contributed by atoms with Gasteiger partial charge < -0.3 is 0 Å². The van der Waals surface area contributed by atoms with Crippen LogP contribution in [-0.4, -0.2) is 22.8 Å². The molecule has 0 bridgehead atoms. The summed E-state index contributed by atoms with van der Waals surface area (Å²) in [7, 11) is 0. The van der Waals surface area contributed by atoms with Gasteiger partial charge in [0.05, 0.1) is 5.57 Å². The maximum absolute atomic E-state index is 13.0. The molecule has 4 heteroatoms. The molecule has 0 atom stereocenters. The minimum atomic E-state index is -0.317. The summed E-state index contributed by atoms with van der Waals surface area (Å²) in [6, 6.07) is 5.86. The third kappa shape index (κ3) is 3.14. The van der Waals surface area contributed by atoms with Gasteiger partial charge in [0.1, 0.15) is 5.03 Å². The summed E-state index contributed by atoms with van der Waals surface area (Å²) in [6.07, 6.45) is 7.52. The van der Waals surface area contributed by atoms with Crippen LogP contribution in [0.3, 0.4) is 0 Å². The molecular formula is C20H24ClNO2. The first-order valence-electron chi connectivity index (χ1n) is 8.86. The highest BCUT2D eigenvalue weighted by molar-refractivity contribution is 6.55. The van der Waals surface area contributed by atoms with Crippen molar-refractivity contribution in [2.45, 2.75) is 64.8 Å². The smallest absolute Gasteiger partial charge is 0.270 e. The largest absolute Gasteiger partial charge is 0.273 e. The van der Waals surface area contributed by atoms with Gasteiger partial charge in [0.2, 0.25) is 0 Å². The van der Waals surface area contributed by atoms with Crippen molar-refractivity contribution >= 4 is 29.0 Å². The van der Waals surface area contributed by atoms with Crippen LogP contribution in [0.5, 0.6) is 0 Å². The fourth-order valence-electron chi connectivity index (χ4n) is 3.87. The average Bonchev–Trinajstić information content (AvgIpc) is 2.71. The number of nitrogens with zero attached hydrogens (tertiary/aromatic N) is 1. The lowest BCUT2D eigenvalue weighted by Gasteiger charge is -2.28. The van der Waals surface area contributed by atoms with Crippen LogP contribution in [-0.2, 0) is 9.59 Å². The van der Waals surface area contributed by atoms with Crippen molar-refractivity contribution in [1.29, 1.82) is 0 Å². The Morgan fingerprint density at radius 2 is 1.58 bits per heavy atom. The number of halogens is 1. The average molecular weight is 346 g/mol. The van der Waals surface area contributed by atoms with Gasteiger partial charge in [-0.2, -0.15) is 0 Å². The lowest BCUT2D eigenvalue weighted by molar-refractivity contribution is -0.139. The van der Waals surface area contributed by atoms with Gasteiger partial charge in [-0.3, -0.25) is 14.5 Å². The Balaban J connectivity index is 1.92. The minimum Gasteiger partial charge on any atom is -0.270 e. The van der Waals surface area contributed by atoms with Crippen LogP contribution in [0.1, 0.15) is 61.6 Å². The Bertz CT molecular complexity index is 700. The molecule has 2 amide bonds. The fourth-order valence-corrected chi connectivity index (χ4v) is 4.14. The van der Waals surface area contributed by atoms with Crippen LogP contribution in [0, 0.1) is 13.8 Å². The van der Waals surface area contributed by atoms with E-state index in [2.05, 4.69) is 0 Å².